The number of rotatable bonds is 4. The number of nitrogen functional groups attached to an aromatic ring is 1. The van der Waals surface area contributed by atoms with E-state index >= 15 is 0 Å². The third-order valence-corrected chi connectivity index (χ3v) is 4.00. The number of benzene rings is 2. The van der Waals surface area contributed by atoms with Gasteiger partial charge >= 0.3 is 0 Å². The summed E-state index contributed by atoms with van der Waals surface area (Å²) in [4.78, 5) is 13.1. The van der Waals surface area contributed by atoms with Gasteiger partial charge in [-0.1, -0.05) is 12.1 Å². The average molecular weight is 330 g/mol. The molecule has 0 atom stereocenters. The summed E-state index contributed by atoms with van der Waals surface area (Å²) in [6.45, 7) is 0. The van der Waals surface area contributed by atoms with E-state index in [2.05, 4.69) is 15.0 Å². The van der Waals surface area contributed by atoms with Crippen LogP contribution in [0.15, 0.2) is 47.0 Å². The first-order valence-corrected chi connectivity index (χ1v) is 7.62. The smallest absolute Gasteiger partial charge is 0.292 e. The first-order valence-electron chi connectivity index (χ1n) is 7.62. The number of oxazole rings is 1. The molecule has 122 valence electrons. The van der Waals surface area contributed by atoms with Crippen molar-refractivity contribution in [3.8, 4) is 11.1 Å². The maximum atomic E-state index is 7.39. The van der Waals surface area contributed by atoms with Gasteiger partial charge in [0.05, 0.1) is 28.8 Å². The minimum atomic E-state index is -0.463. The van der Waals surface area contributed by atoms with Gasteiger partial charge in [0.1, 0.15) is 5.52 Å². The van der Waals surface area contributed by atoms with Crippen molar-refractivity contribution in [2.24, 2.45) is 0 Å². The standard InChI is InChI=1S/C18H14N6O/c19-7-12(8-20)16-9-22-13-3-1-10(5-14(13)23-16)11-2-4-17-15(6-11)24-18(21)25-17/h1-9,12,19-20H,(H2,21,24). The Hall–Kier alpha value is -3.61. The topological polar surface area (TPSA) is 126 Å². The molecule has 2 heterocycles. The molecule has 2 aromatic heterocycles. The second-order valence-corrected chi connectivity index (χ2v) is 5.59. The lowest BCUT2D eigenvalue weighted by atomic mass is 10.0. The highest BCUT2D eigenvalue weighted by Crippen LogP contribution is 2.27. The SMILES string of the molecule is N=CC(C=N)c1cnc2ccc(-c3ccc4oc(N)nc4c3)cc2n1. The van der Waals surface area contributed by atoms with Crippen LogP contribution in [0.4, 0.5) is 6.01 Å². The highest BCUT2D eigenvalue weighted by atomic mass is 16.4. The summed E-state index contributed by atoms with van der Waals surface area (Å²) in [5.41, 5.74) is 10.9. The lowest BCUT2D eigenvalue weighted by Crippen LogP contribution is -2.04. The van der Waals surface area contributed by atoms with Crippen molar-refractivity contribution in [1.29, 1.82) is 10.8 Å². The van der Waals surface area contributed by atoms with E-state index < -0.39 is 5.92 Å². The summed E-state index contributed by atoms with van der Waals surface area (Å²) in [6.07, 6.45) is 3.96. The number of fused-ring (bicyclic) bond motifs is 2. The van der Waals surface area contributed by atoms with Crippen molar-refractivity contribution in [3.05, 3.63) is 48.3 Å². The highest BCUT2D eigenvalue weighted by molar-refractivity contribution is 5.89. The number of hydrogen-bond acceptors (Lipinski definition) is 7. The molecule has 0 bridgehead atoms. The molecule has 0 aliphatic carbocycles. The molecule has 0 aliphatic heterocycles. The molecule has 0 radical (unpaired) electrons. The maximum absolute atomic E-state index is 7.39. The van der Waals surface area contributed by atoms with Gasteiger partial charge in [-0.2, -0.15) is 4.98 Å². The number of aromatic nitrogens is 3. The van der Waals surface area contributed by atoms with Gasteiger partial charge in [0.15, 0.2) is 5.58 Å². The lowest BCUT2D eigenvalue weighted by Gasteiger charge is -2.07. The molecule has 0 unspecified atom stereocenters. The van der Waals surface area contributed by atoms with Crippen LogP contribution in [-0.4, -0.2) is 27.4 Å². The predicted octanol–water partition coefficient (Wildman–Crippen LogP) is 3.40. The molecule has 0 fully saturated rings. The summed E-state index contributed by atoms with van der Waals surface area (Å²) in [5, 5.41) is 14.8. The van der Waals surface area contributed by atoms with Gasteiger partial charge in [-0.3, -0.25) is 4.98 Å². The van der Waals surface area contributed by atoms with Crippen molar-refractivity contribution >= 4 is 40.6 Å². The van der Waals surface area contributed by atoms with Crippen LogP contribution in [0, 0.1) is 10.8 Å². The Bertz CT molecular complexity index is 1110. The van der Waals surface area contributed by atoms with E-state index in [1.165, 1.54) is 12.4 Å². The summed E-state index contributed by atoms with van der Waals surface area (Å²) < 4.78 is 5.30. The van der Waals surface area contributed by atoms with E-state index in [1.54, 1.807) is 6.20 Å². The third kappa shape index (κ3) is 2.61. The molecular weight excluding hydrogens is 316 g/mol. The van der Waals surface area contributed by atoms with Gasteiger partial charge in [0.25, 0.3) is 6.01 Å². The lowest BCUT2D eigenvalue weighted by molar-refractivity contribution is 0.626. The molecule has 4 aromatic rings. The van der Waals surface area contributed by atoms with Gasteiger partial charge in [-0.25, -0.2) is 4.98 Å². The number of nitrogens with zero attached hydrogens (tertiary/aromatic N) is 3. The Kier molecular flexibility index (Phi) is 3.46. The van der Waals surface area contributed by atoms with Crippen LogP contribution in [0.1, 0.15) is 11.6 Å². The number of nitrogens with one attached hydrogen (secondary N) is 2. The molecular formula is C18H14N6O. The van der Waals surface area contributed by atoms with Crippen LogP contribution in [0.2, 0.25) is 0 Å². The number of hydrogen-bond donors (Lipinski definition) is 3. The highest BCUT2D eigenvalue weighted by Gasteiger charge is 2.10. The van der Waals surface area contributed by atoms with Gasteiger partial charge in [0.2, 0.25) is 0 Å². The minimum Gasteiger partial charge on any atom is -0.424 e. The number of nitrogens with two attached hydrogens (primary N) is 1. The van der Waals surface area contributed by atoms with Crippen molar-refractivity contribution in [3.63, 3.8) is 0 Å². The molecule has 0 saturated heterocycles. The first-order chi connectivity index (χ1) is 12.2. The Labute approximate surface area is 142 Å². The monoisotopic (exact) mass is 330 g/mol. The van der Waals surface area contributed by atoms with E-state index in [1.807, 2.05) is 36.4 Å². The van der Waals surface area contributed by atoms with Crippen molar-refractivity contribution in [2.75, 3.05) is 5.73 Å². The fourth-order valence-corrected chi connectivity index (χ4v) is 2.71. The van der Waals surface area contributed by atoms with Crippen LogP contribution in [0.25, 0.3) is 33.3 Å². The van der Waals surface area contributed by atoms with Gasteiger partial charge in [-0.15, -0.1) is 0 Å². The van der Waals surface area contributed by atoms with Crippen LogP contribution < -0.4 is 5.73 Å². The van der Waals surface area contributed by atoms with E-state index in [0.29, 0.717) is 22.3 Å². The zero-order chi connectivity index (χ0) is 17.4. The van der Waals surface area contributed by atoms with Crippen molar-refractivity contribution in [2.45, 2.75) is 5.92 Å². The maximum Gasteiger partial charge on any atom is 0.292 e. The van der Waals surface area contributed by atoms with E-state index in [4.69, 9.17) is 21.0 Å². The summed E-state index contributed by atoms with van der Waals surface area (Å²) in [7, 11) is 0. The molecule has 4 N–H and O–H groups in total. The van der Waals surface area contributed by atoms with E-state index in [0.717, 1.165) is 16.6 Å². The molecule has 7 heteroatoms. The van der Waals surface area contributed by atoms with Gasteiger partial charge in [-0.05, 0) is 35.4 Å². The summed E-state index contributed by atoms with van der Waals surface area (Å²) >= 11 is 0. The van der Waals surface area contributed by atoms with E-state index in [9.17, 15) is 0 Å². The first kappa shape index (κ1) is 14.9. The van der Waals surface area contributed by atoms with Crippen LogP contribution >= 0.6 is 0 Å². The largest absolute Gasteiger partial charge is 0.424 e. The molecule has 0 amide bonds. The zero-order valence-corrected chi connectivity index (χ0v) is 13.1. The summed E-state index contributed by atoms with van der Waals surface area (Å²) in [6, 6.07) is 11.6. The Morgan fingerprint density at radius 3 is 2.40 bits per heavy atom. The van der Waals surface area contributed by atoms with Gasteiger partial charge < -0.3 is 21.0 Å². The van der Waals surface area contributed by atoms with Crippen LogP contribution in [-0.2, 0) is 0 Å². The number of anilines is 1. The molecule has 4 rings (SSSR count). The van der Waals surface area contributed by atoms with Crippen molar-refractivity contribution < 1.29 is 4.42 Å². The molecule has 7 nitrogen and oxygen atoms in total. The third-order valence-electron chi connectivity index (χ3n) is 4.00. The Morgan fingerprint density at radius 1 is 0.920 bits per heavy atom. The molecule has 0 saturated carbocycles. The van der Waals surface area contributed by atoms with Crippen LogP contribution in [0.5, 0.6) is 0 Å². The molecule has 2 aromatic carbocycles. The van der Waals surface area contributed by atoms with Gasteiger partial charge in [0, 0.05) is 12.4 Å². The molecule has 25 heavy (non-hydrogen) atoms. The normalized spacial score (nSPS) is 12.3. The average Bonchev–Trinajstić information content (AvgIpc) is 3.01. The summed E-state index contributed by atoms with van der Waals surface area (Å²) in [5.74, 6) is -0.463. The van der Waals surface area contributed by atoms with Crippen LogP contribution in [0.3, 0.4) is 0 Å². The quantitative estimate of drug-likeness (QED) is 0.494. The molecule has 0 spiro atoms. The second-order valence-electron chi connectivity index (χ2n) is 5.59. The predicted molar refractivity (Wildman–Crippen MR) is 97.3 cm³/mol. The minimum absolute atomic E-state index is 0.144. The molecule has 0 aliphatic rings. The van der Waals surface area contributed by atoms with E-state index in [-0.39, 0.29) is 6.01 Å². The Balaban J connectivity index is 1.83. The fourth-order valence-electron chi connectivity index (χ4n) is 2.71. The Morgan fingerprint density at radius 2 is 1.64 bits per heavy atom. The fraction of sp³-hybridized carbons (Fsp3) is 0.0556. The second kappa shape index (κ2) is 5.79. The zero-order valence-electron chi connectivity index (χ0n) is 13.1. The van der Waals surface area contributed by atoms with Crippen molar-refractivity contribution in [1.82, 2.24) is 15.0 Å².